The van der Waals surface area contributed by atoms with Crippen LogP contribution in [-0.4, -0.2) is 32.8 Å². The van der Waals surface area contributed by atoms with Crippen molar-refractivity contribution in [1.82, 2.24) is 15.2 Å². The second kappa shape index (κ2) is 6.05. The first kappa shape index (κ1) is 15.4. The Morgan fingerprint density at radius 1 is 1.13 bits per heavy atom. The highest BCUT2D eigenvalue weighted by Gasteiger charge is 2.51. The van der Waals surface area contributed by atoms with E-state index in [9.17, 15) is 0 Å². The minimum atomic E-state index is -1.55. The monoisotopic (exact) mass is 329 g/mol. The van der Waals surface area contributed by atoms with Crippen molar-refractivity contribution in [2.45, 2.75) is 31.0 Å². The van der Waals surface area contributed by atoms with Crippen LogP contribution in [0.5, 0.6) is 0 Å². The smallest absolute Gasteiger partial charge is 0.128 e. The molecule has 0 bridgehead atoms. The minimum absolute atomic E-state index is 0.527. The Hall–Kier alpha value is -1.14. The van der Waals surface area contributed by atoms with E-state index in [0.29, 0.717) is 17.8 Å². The van der Waals surface area contributed by atoms with E-state index >= 15 is 0 Å². The van der Waals surface area contributed by atoms with Gasteiger partial charge in [0, 0.05) is 25.9 Å². The Morgan fingerprint density at radius 2 is 1.87 bits per heavy atom. The first-order valence-corrected chi connectivity index (χ1v) is 11.8. The molecule has 2 N–H and O–H groups in total. The number of hydrogen-bond acceptors (Lipinski definition) is 4. The van der Waals surface area contributed by atoms with Gasteiger partial charge in [-0.3, -0.25) is 15.2 Å². The van der Waals surface area contributed by atoms with Gasteiger partial charge < -0.3 is 4.42 Å². The molecule has 4 atom stereocenters. The fraction of sp³-hybridized carbons (Fsp3) is 0.556. The second-order valence-electron chi connectivity index (χ2n) is 7.58. The molecule has 4 unspecified atom stereocenters. The quantitative estimate of drug-likeness (QED) is 0.836. The van der Waals surface area contributed by atoms with Crippen molar-refractivity contribution in [3.8, 4) is 0 Å². The van der Waals surface area contributed by atoms with Crippen LogP contribution in [0.25, 0.3) is 0 Å². The fourth-order valence-corrected chi connectivity index (χ4v) is 8.38. The van der Waals surface area contributed by atoms with Crippen molar-refractivity contribution in [2.75, 3.05) is 20.0 Å². The zero-order valence-electron chi connectivity index (χ0n) is 14.0. The summed E-state index contributed by atoms with van der Waals surface area (Å²) in [5.41, 5.74) is 0.755. The van der Waals surface area contributed by atoms with Crippen molar-refractivity contribution >= 4 is 8.24 Å². The maximum absolute atomic E-state index is 5.79. The number of allylic oxidation sites excluding steroid dienone is 4. The average Bonchev–Trinajstić information content (AvgIpc) is 3.23. The molecule has 0 amide bonds. The summed E-state index contributed by atoms with van der Waals surface area (Å²) >= 11 is 0. The van der Waals surface area contributed by atoms with Gasteiger partial charge >= 0.3 is 0 Å². The fourth-order valence-electron chi connectivity index (χ4n) is 4.77. The summed E-state index contributed by atoms with van der Waals surface area (Å²) in [5, 5.41) is 6.95. The van der Waals surface area contributed by atoms with E-state index in [1.807, 2.05) is 12.3 Å². The van der Waals surface area contributed by atoms with E-state index < -0.39 is 8.24 Å². The van der Waals surface area contributed by atoms with E-state index in [1.165, 1.54) is 12.2 Å². The van der Waals surface area contributed by atoms with Gasteiger partial charge in [0.05, 0.1) is 6.26 Å². The van der Waals surface area contributed by atoms with E-state index in [1.54, 1.807) is 0 Å². The summed E-state index contributed by atoms with van der Waals surface area (Å²) in [7, 11) is -1.55. The second-order valence-corrected chi connectivity index (χ2v) is 12.3. The van der Waals surface area contributed by atoms with Gasteiger partial charge in [-0.05, 0) is 35.9 Å². The molecule has 1 saturated heterocycles. The molecule has 23 heavy (non-hydrogen) atoms. The lowest BCUT2D eigenvalue weighted by Crippen LogP contribution is -2.63. The number of rotatable bonds is 3. The Balaban J connectivity index is 1.63. The van der Waals surface area contributed by atoms with E-state index in [4.69, 9.17) is 4.42 Å². The molecule has 124 valence electrons. The van der Waals surface area contributed by atoms with Crippen molar-refractivity contribution in [3.05, 3.63) is 48.5 Å². The lowest BCUT2D eigenvalue weighted by Gasteiger charge is -2.45. The van der Waals surface area contributed by atoms with Gasteiger partial charge in [-0.2, -0.15) is 0 Å². The van der Waals surface area contributed by atoms with Crippen LogP contribution in [0.4, 0.5) is 0 Å². The zero-order chi connectivity index (χ0) is 15.9. The molecule has 1 aliphatic heterocycles. The molecular formula is C18H27N3OSi. The molecule has 1 saturated carbocycles. The third-order valence-electron chi connectivity index (χ3n) is 6.15. The normalized spacial score (nSPS) is 34.7. The SMILES string of the molecule is C[Si](C)(C1CC(c2ccco2)C2C=CC=CC21)N1CNCNC1. The molecular weight excluding hydrogens is 302 g/mol. The first-order valence-electron chi connectivity index (χ1n) is 8.73. The van der Waals surface area contributed by atoms with E-state index in [0.717, 1.165) is 25.5 Å². The van der Waals surface area contributed by atoms with Gasteiger partial charge in [0.2, 0.25) is 0 Å². The number of nitrogens with zero attached hydrogens (tertiary/aromatic N) is 1. The predicted molar refractivity (Wildman–Crippen MR) is 95.3 cm³/mol. The summed E-state index contributed by atoms with van der Waals surface area (Å²) in [6.45, 7) is 8.05. The number of nitrogens with one attached hydrogen (secondary N) is 2. The molecule has 3 aliphatic rings. The molecule has 1 aromatic rings. The molecule has 2 fully saturated rings. The third-order valence-corrected chi connectivity index (χ3v) is 10.5. The topological polar surface area (TPSA) is 40.4 Å². The molecule has 0 spiro atoms. The average molecular weight is 330 g/mol. The van der Waals surface area contributed by atoms with Crippen LogP contribution in [0.2, 0.25) is 18.6 Å². The molecule has 0 aromatic carbocycles. The number of hydrogen-bond donors (Lipinski definition) is 2. The summed E-state index contributed by atoms with van der Waals surface area (Å²) < 4.78 is 8.47. The molecule has 4 rings (SSSR count). The van der Waals surface area contributed by atoms with Gasteiger partial charge in [-0.1, -0.05) is 37.4 Å². The number of furan rings is 1. The van der Waals surface area contributed by atoms with Crippen LogP contribution in [0.15, 0.2) is 47.1 Å². The summed E-state index contributed by atoms with van der Waals surface area (Å²) in [6.07, 6.45) is 12.4. The first-order chi connectivity index (χ1) is 11.2. The maximum Gasteiger partial charge on any atom is 0.128 e. The molecule has 5 heteroatoms. The molecule has 4 nitrogen and oxygen atoms in total. The van der Waals surface area contributed by atoms with Crippen LogP contribution in [0.3, 0.4) is 0 Å². The third kappa shape index (κ3) is 2.65. The summed E-state index contributed by atoms with van der Waals surface area (Å²) in [6, 6.07) is 4.19. The van der Waals surface area contributed by atoms with Gasteiger partial charge in [0.25, 0.3) is 0 Å². The standard InChI is InChI=1S/C18H27N3OSi/c1-23(2,21-12-19-11-20-13-21)18-10-16(17-8-5-9-22-17)14-6-3-4-7-15(14)18/h3-9,14-16,18-20H,10-13H2,1-2H3. The summed E-state index contributed by atoms with van der Waals surface area (Å²) in [5.74, 6) is 2.94. The van der Waals surface area contributed by atoms with Crippen LogP contribution in [-0.2, 0) is 0 Å². The zero-order valence-corrected chi connectivity index (χ0v) is 15.0. The maximum atomic E-state index is 5.79. The van der Waals surface area contributed by atoms with Gasteiger partial charge in [0.15, 0.2) is 0 Å². The Kier molecular flexibility index (Phi) is 4.05. The van der Waals surface area contributed by atoms with Crippen LogP contribution < -0.4 is 10.6 Å². The summed E-state index contributed by atoms with van der Waals surface area (Å²) in [4.78, 5) is 0. The van der Waals surface area contributed by atoms with Gasteiger partial charge in [0.1, 0.15) is 14.0 Å². The number of fused-ring (bicyclic) bond motifs is 1. The van der Waals surface area contributed by atoms with Gasteiger partial charge in [-0.15, -0.1) is 0 Å². The Morgan fingerprint density at radius 3 is 2.57 bits per heavy atom. The van der Waals surface area contributed by atoms with Crippen molar-refractivity contribution in [2.24, 2.45) is 11.8 Å². The predicted octanol–water partition coefficient (Wildman–Crippen LogP) is 3.07. The van der Waals surface area contributed by atoms with Crippen molar-refractivity contribution in [3.63, 3.8) is 0 Å². The molecule has 1 aromatic heterocycles. The Bertz CT molecular complexity index is 589. The molecule has 2 aliphatic carbocycles. The highest BCUT2D eigenvalue weighted by molar-refractivity contribution is 6.76. The lowest BCUT2D eigenvalue weighted by molar-refractivity contribution is 0.283. The van der Waals surface area contributed by atoms with E-state index in [2.05, 4.69) is 58.7 Å². The van der Waals surface area contributed by atoms with Crippen LogP contribution >= 0.6 is 0 Å². The minimum Gasteiger partial charge on any atom is -0.469 e. The molecule has 2 heterocycles. The van der Waals surface area contributed by atoms with E-state index in [-0.39, 0.29) is 0 Å². The highest BCUT2D eigenvalue weighted by Crippen LogP contribution is 2.56. The lowest BCUT2D eigenvalue weighted by atomic mass is 9.85. The van der Waals surface area contributed by atoms with Crippen molar-refractivity contribution in [1.29, 1.82) is 0 Å². The van der Waals surface area contributed by atoms with Gasteiger partial charge in [-0.25, -0.2) is 0 Å². The largest absolute Gasteiger partial charge is 0.469 e. The van der Waals surface area contributed by atoms with Crippen LogP contribution in [0, 0.1) is 11.8 Å². The Labute approximate surface area is 139 Å². The van der Waals surface area contributed by atoms with Crippen LogP contribution in [0.1, 0.15) is 18.1 Å². The highest BCUT2D eigenvalue weighted by atomic mass is 28.3. The van der Waals surface area contributed by atoms with Crippen molar-refractivity contribution < 1.29 is 4.42 Å². The molecule has 0 radical (unpaired) electrons.